The average Bonchev–Trinajstić information content (AvgIpc) is 3.12. The number of pyridine rings is 5. The monoisotopic (exact) mass is 873 g/mol. The van der Waals surface area contributed by atoms with E-state index in [9.17, 15) is 25.2 Å². The molecule has 0 saturated carbocycles. The Morgan fingerprint density at radius 2 is 0.943 bits per heavy atom. The zero-order chi connectivity index (χ0) is 37.8. The van der Waals surface area contributed by atoms with Gasteiger partial charge in [-0.15, -0.1) is 59.1 Å². The van der Waals surface area contributed by atoms with Crippen LogP contribution in [0.1, 0.15) is 11.1 Å². The normalized spacial score (nSPS) is 11.8. The van der Waals surface area contributed by atoms with Gasteiger partial charge in [0.15, 0.2) is 0 Å². The van der Waals surface area contributed by atoms with Gasteiger partial charge in [0.05, 0.1) is 27.4 Å². The number of nitrogens with zero attached hydrogens (tertiary/aromatic N) is 5. The van der Waals surface area contributed by atoms with Crippen LogP contribution in [0.15, 0.2) is 134 Å². The van der Waals surface area contributed by atoms with Crippen LogP contribution in [-0.2, 0) is 19.5 Å². The largest absolute Gasteiger partial charge is 2.00 e. The number of alkyl halides is 2. The third-order valence-corrected chi connectivity index (χ3v) is 7.05. The summed E-state index contributed by atoms with van der Waals surface area (Å²) in [6.45, 7) is 4.21. The third-order valence-electron chi connectivity index (χ3n) is 7.05. The molecule has 0 unspecified atom stereocenters. The SMILES string of the molecule is Cc1ccnc2c1ccc1c(C)ccnc12.ClCCl.F[P-](F)(F)(F)(F)F.[Ru+2].[c-]1ccccc1-c1ccccn1.c1cnc2c(c1)ccc1cccnc12. The van der Waals surface area contributed by atoms with Crippen LogP contribution in [0.5, 0.6) is 0 Å². The first-order chi connectivity index (χ1) is 24.6. The van der Waals surface area contributed by atoms with Crippen LogP contribution in [0, 0.1) is 19.9 Å². The molecule has 0 saturated heterocycles. The molecule has 0 aliphatic heterocycles. The van der Waals surface area contributed by atoms with E-state index in [2.05, 4.69) is 81.2 Å². The number of benzene rings is 3. The summed E-state index contributed by atoms with van der Waals surface area (Å²) in [6.07, 6.45) is 9.09. The van der Waals surface area contributed by atoms with Crippen molar-refractivity contribution in [3.05, 3.63) is 151 Å². The second-order valence-corrected chi connectivity index (χ2v) is 13.6. The Morgan fingerprint density at radius 1 is 0.509 bits per heavy atom. The van der Waals surface area contributed by atoms with Crippen molar-refractivity contribution in [3.8, 4) is 11.3 Å². The van der Waals surface area contributed by atoms with Crippen molar-refractivity contribution >= 4 is 74.6 Å². The maximum Gasteiger partial charge on any atom is 2.00 e. The zero-order valence-electron chi connectivity index (χ0n) is 28.0. The van der Waals surface area contributed by atoms with Crippen molar-refractivity contribution in [3.63, 3.8) is 0 Å². The fourth-order valence-corrected chi connectivity index (χ4v) is 4.86. The van der Waals surface area contributed by atoms with Gasteiger partial charge in [0.1, 0.15) is 0 Å². The van der Waals surface area contributed by atoms with Gasteiger partial charge in [-0.25, -0.2) is 0 Å². The van der Waals surface area contributed by atoms with E-state index in [1.54, 1.807) is 18.6 Å². The summed E-state index contributed by atoms with van der Waals surface area (Å²) in [5, 5.41) is 4.85. The van der Waals surface area contributed by atoms with Gasteiger partial charge < -0.3 is 4.98 Å². The van der Waals surface area contributed by atoms with E-state index >= 15 is 0 Å². The molecule has 0 amide bonds. The summed E-state index contributed by atoms with van der Waals surface area (Å²) >= 11 is 9.53. The molecule has 0 aliphatic rings. The number of aryl methyl sites for hydroxylation is 2. The summed E-state index contributed by atoms with van der Waals surface area (Å²) in [4.78, 5) is 21.8. The molecule has 0 aliphatic carbocycles. The van der Waals surface area contributed by atoms with Gasteiger partial charge in [-0.2, -0.15) is 0 Å². The number of hydrogen-bond acceptors (Lipinski definition) is 5. The predicted octanol–water partition coefficient (Wildman–Crippen LogP) is 13.5. The quantitative estimate of drug-likeness (QED) is 0.0411. The van der Waals surface area contributed by atoms with Gasteiger partial charge in [0.25, 0.3) is 0 Å². The van der Waals surface area contributed by atoms with E-state index in [1.807, 2.05) is 79.1 Å². The van der Waals surface area contributed by atoms with E-state index in [1.165, 1.54) is 21.9 Å². The van der Waals surface area contributed by atoms with Crippen LogP contribution in [-0.4, -0.2) is 30.3 Å². The van der Waals surface area contributed by atoms with E-state index in [-0.39, 0.29) is 24.8 Å². The Labute approximate surface area is 324 Å². The van der Waals surface area contributed by atoms with Crippen LogP contribution >= 0.6 is 31.0 Å². The Bertz CT molecular complexity index is 2230. The summed E-state index contributed by atoms with van der Waals surface area (Å²) in [6, 6.07) is 37.3. The van der Waals surface area contributed by atoms with Gasteiger partial charge in [0, 0.05) is 52.5 Å². The third kappa shape index (κ3) is 14.2. The van der Waals surface area contributed by atoms with Gasteiger partial charge in [-0.1, -0.05) is 48.5 Å². The maximum atomic E-state index is 9.87. The van der Waals surface area contributed by atoms with E-state index in [0.29, 0.717) is 0 Å². The van der Waals surface area contributed by atoms with Crippen LogP contribution in [0.4, 0.5) is 25.2 Å². The summed E-state index contributed by atoms with van der Waals surface area (Å²) < 4.78 is 59.2. The minimum Gasteiger partial charge on any atom is -0.305 e. The van der Waals surface area contributed by atoms with Gasteiger partial charge in [-0.3, -0.25) is 19.9 Å². The molecule has 5 aromatic heterocycles. The number of hydrogen-bond donors (Lipinski definition) is 0. The minimum absolute atomic E-state index is 0. The van der Waals surface area contributed by atoms with E-state index < -0.39 is 7.81 Å². The molecule has 15 heteroatoms. The van der Waals surface area contributed by atoms with E-state index in [4.69, 9.17) is 23.2 Å². The molecule has 0 atom stereocenters. The molecule has 8 aromatic rings. The predicted molar refractivity (Wildman–Crippen MR) is 202 cm³/mol. The second kappa shape index (κ2) is 18.1. The molecular weight excluding hydrogens is 843 g/mol. The van der Waals surface area contributed by atoms with Crippen molar-refractivity contribution in [2.45, 2.75) is 13.8 Å². The molecule has 5 nitrogen and oxygen atoms in total. The van der Waals surface area contributed by atoms with Crippen LogP contribution < -0.4 is 0 Å². The Morgan fingerprint density at radius 3 is 1.36 bits per heavy atom. The minimum atomic E-state index is -10.7. The van der Waals surface area contributed by atoms with Crippen LogP contribution in [0.3, 0.4) is 0 Å². The molecule has 0 N–H and O–H groups in total. The van der Waals surface area contributed by atoms with Crippen LogP contribution in [0.25, 0.3) is 54.9 Å². The topological polar surface area (TPSA) is 64.5 Å². The molecule has 0 bridgehead atoms. The number of rotatable bonds is 1. The molecule has 0 fully saturated rings. The van der Waals surface area contributed by atoms with Crippen molar-refractivity contribution in [2.75, 3.05) is 5.34 Å². The van der Waals surface area contributed by atoms with Crippen molar-refractivity contribution in [2.24, 2.45) is 0 Å². The summed E-state index contributed by atoms with van der Waals surface area (Å²) in [5.41, 5.74) is 8.46. The summed E-state index contributed by atoms with van der Waals surface area (Å²) in [5.74, 6) is 0. The Hall–Kier alpha value is -4.34. The maximum absolute atomic E-state index is 10.7. The molecular formula is C38H30Cl2F6N5PRu. The zero-order valence-corrected chi connectivity index (χ0v) is 32.1. The van der Waals surface area contributed by atoms with Crippen LogP contribution in [0.2, 0.25) is 0 Å². The van der Waals surface area contributed by atoms with E-state index in [0.717, 1.165) is 44.1 Å². The Balaban J connectivity index is 0.000000190. The van der Waals surface area contributed by atoms with Gasteiger partial charge in [0.2, 0.25) is 0 Å². The standard InChI is InChI=1S/C14H12N2.C12H8N2.C11H8N.CH2Cl2.F6P.Ru/c1-9-5-7-15-13-11(9)3-4-12-10(2)6-8-16-14(12)13;1-3-9-5-6-10-4-2-8-14-12(10)11(9)13-7-1;1-2-6-10(7-3-1)11-8-4-5-9-12-11;2-1-3;1-7(2,3,4,5)6;/h3-8H,1-2H3;1-8H;1-6,8-9H;1H2;;/q;;-1;;-1;+2. The molecule has 0 spiro atoms. The fraction of sp³-hybridized carbons (Fsp3) is 0.0789. The van der Waals surface area contributed by atoms with Crippen molar-refractivity contribution < 1.29 is 44.7 Å². The van der Waals surface area contributed by atoms with Crippen molar-refractivity contribution in [1.29, 1.82) is 0 Å². The molecule has 276 valence electrons. The average molecular weight is 874 g/mol. The molecule has 5 heterocycles. The fourth-order valence-electron chi connectivity index (χ4n) is 4.86. The second-order valence-electron chi connectivity index (χ2n) is 10.9. The molecule has 8 rings (SSSR count). The number of halogens is 8. The molecule has 53 heavy (non-hydrogen) atoms. The Kier molecular flexibility index (Phi) is 14.7. The summed E-state index contributed by atoms with van der Waals surface area (Å²) in [7, 11) is -10.7. The smallest absolute Gasteiger partial charge is 0.305 e. The number of fused-ring (bicyclic) bond motifs is 6. The molecule has 0 radical (unpaired) electrons. The number of aromatic nitrogens is 5. The van der Waals surface area contributed by atoms with Gasteiger partial charge in [-0.05, 0) is 61.0 Å². The first-order valence-corrected chi connectivity index (χ1v) is 18.4. The first kappa shape index (κ1) is 43.1. The first-order valence-electron chi connectivity index (χ1n) is 15.3. The van der Waals surface area contributed by atoms with Crippen molar-refractivity contribution in [1.82, 2.24) is 24.9 Å². The molecule has 3 aromatic carbocycles. The van der Waals surface area contributed by atoms with Gasteiger partial charge >= 0.3 is 52.5 Å².